The maximum absolute atomic E-state index is 11.1. The van der Waals surface area contributed by atoms with Crippen molar-refractivity contribution in [3.8, 4) is 0 Å². The highest BCUT2D eigenvalue weighted by Gasteiger charge is 2.10. The van der Waals surface area contributed by atoms with Crippen LogP contribution in [0.3, 0.4) is 0 Å². The largest absolute Gasteiger partial charge is 0.478 e. The summed E-state index contributed by atoms with van der Waals surface area (Å²) >= 11 is 3.26. The highest BCUT2D eigenvalue weighted by Crippen LogP contribution is 2.21. The number of hydrogen-bond acceptors (Lipinski definition) is 3. The Morgan fingerprint density at radius 3 is 2.89 bits per heavy atom. The number of anilines is 1. The topological polar surface area (TPSA) is 62.5 Å². The summed E-state index contributed by atoms with van der Waals surface area (Å²) in [6, 6.07) is 8.86. The van der Waals surface area contributed by atoms with Crippen LogP contribution in [-0.2, 0) is 6.42 Å². The van der Waals surface area contributed by atoms with E-state index in [0.29, 0.717) is 18.7 Å². The van der Waals surface area contributed by atoms with Crippen LogP contribution < -0.4 is 5.32 Å². The van der Waals surface area contributed by atoms with Gasteiger partial charge < -0.3 is 14.8 Å². The number of hydrogen-bond donors (Lipinski definition) is 2. The lowest BCUT2D eigenvalue weighted by molar-refractivity contribution is 0.0698. The second kappa shape index (κ2) is 5.73. The Balaban J connectivity index is 2.02. The van der Waals surface area contributed by atoms with E-state index in [1.165, 1.54) is 0 Å². The molecule has 0 bridgehead atoms. The first-order valence-corrected chi connectivity index (χ1v) is 6.25. The van der Waals surface area contributed by atoms with Crippen LogP contribution in [0, 0.1) is 0 Å². The molecule has 0 amide bonds. The highest BCUT2D eigenvalue weighted by molar-refractivity contribution is 9.10. The smallest absolute Gasteiger partial charge is 0.337 e. The molecule has 0 aliphatic carbocycles. The van der Waals surface area contributed by atoms with Crippen molar-refractivity contribution in [2.75, 3.05) is 11.9 Å². The predicted molar refractivity (Wildman–Crippen MR) is 72.0 cm³/mol. The normalized spacial score (nSPS) is 10.3. The van der Waals surface area contributed by atoms with E-state index in [9.17, 15) is 4.79 Å². The molecular formula is C13H12BrNO3. The molecule has 0 saturated carbocycles. The molecule has 5 heteroatoms. The monoisotopic (exact) mass is 309 g/mol. The van der Waals surface area contributed by atoms with Crippen molar-refractivity contribution in [1.29, 1.82) is 0 Å². The van der Waals surface area contributed by atoms with Crippen LogP contribution in [0.1, 0.15) is 16.1 Å². The third kappa shape index (κ3) is 3.13. The molecule has 94 valence electrons. The van der Waals surface area contributed by atoms with E-state index in [1.54, 1.807) is 18.4 Å². The van der Waals surface area contributed by atoms with E-state index < -0.39 is 5.97 Å². The summed E-state index contributed by atoms with van der Waals surface area (Å²) in [5, 5.41) is 12.2. The summed E-state index contributed by atoms with van der Waals surface area (Å²) in [7, 11) is 0. The first-order chi connectivity index (χ1) is 8.66. The Labute approximate surface area is 113 Å². The molecule has 18 heavy (non-hydrogen) atoms. The number of furan rings is 1. The molecule has 0 spiro atoms. The minimum Gasteiger partial charge on any atom is -0.478 e. The molecule has 2 rings (SSSR count). The van der Waals surface area contributed by atoms with Crippen LogP contribution in [0.25, 0.3) is 0 Å². The quantitative estimate of drug-likeness (QED) is 0.888. The van der Waals surface area contributed by atoms with Gasteiger partial charge in [-0.15, -0.1) is 0 Å². The lowest BCUT2D eigenvalue weighted by atomic mass is 10.1. The number of rotatable bonds is 5. The number of nitrogens with one attached hydrogen (secondary N) is 1. The number of aromatic carboxylic acids is 1. The second-order valence-electron chi connectivity index (χ2n) is 3.75. The Hall–Kier alpha value is -1.75. The predicted octanol–water partition coefficient (Wildman–Crippen LogP) is 3.39. The minimum atomic E-state index is -0.947. The molecule has 0 saturated heterocycles. The molecule has 2 N–H and O–H groups in total. The molecule has 0 unspecified atom stereocenters. The molecule has 0 aliphatic heterocycles. The van der Waals surface area contributed by atoms with E-state index in [4.69, 9.17) is 9.52 Å². The van der Waals surface area contributed by atoms with E-state index >= 15 is 0 Å². The van der Waals surface area contributed by atoms with Crippen molar-refractivity contribution in [2.45, 2.75) is 6.42 Å². The Kier molecular flexibility index (Phi) is 4.04. The zero-order valence-electron chi connectivity index (χ0n) is 9.52. The highest BCUT2D eigenvalue weighted by atomic mass is 79.9. The summed E-state index contributed by atoms with van der Waals surface area (Å²) in [5.74, 6) is -0.0757. The van der Waals surface area contributed by atoms with Crippen LogP contribution in [0.15, 0.2) is 45.5 Å². The van der Waals surface area contributed by atoms with Gasteiger partial charge in [0.2, 0.25) is 0 Å². The third-order valence-corrected chi connectivity index (χ3v) is 2.97. The molecule has 2 aromatic rings. The average Bonchev–Trinajstić information content (AvgIpc) is 2.84. The standard InChI is InChI=1S/C13H12BrNO3/c14-9-3-4-12(11(8-9)13(16)17)15-6-5-10-2-1-7-18-10/h1-4,7-8,15H,5-6H2,(H,16,17). The molecule has 0 fully saturated rings. The van der Waals surface area contributed by atoms with Gasteiger partial charge in [0.25, 0.3) is 0 Å². The minimum absolute atomic E-state index is 0.254. The van der Waals surface area contributed by atoms with Gasteiger partial charge in [-0.2, -0.15) is 0 Å². The van der Waals surface area contributed by atoms with Crippen LogP contribution >= 0.6 is 15.9 Å². The molecule has 1 aromatic heterocycles. The number of carbonyl (C=O) groups is 1. The van der Waals surface area contributed by atoms with Crippen molar-refractivity contribution in [3.05, 3.63) is 52.4 Å². The number of benzene rings is 1. The lowest BCUT2D eigenvalue weighted by Gasteiger charge is -2.09. The molecule has 0 aliphatic rings. The van der Waals surface area contributed by atoms with Gasteiger partial charge in [-0.05, 0) is 30.3 Å². The van der Waals surface area contributed by atoms with Gasteiger partial charge in [0.05, 0.1) is 11.8 Å². The summed E-state index contributed by atoms with van der Waals surface area (Å²) in [5.41, 5.74) is 0.862. The molecule has 4 nitrogen and oxygen atoms in total. The summed E-state index contributed by atoms with van der Waals surface area (Å²) in [6.45, 7) is 0.620. The van der Waals surface area contributed by atoms with E-state index in [-0.39, 0.29) is 5.56 Å². The molecule has 1 heterocycles. The summed E-state index contributed by atoms with van der Waals surface area (Å²) < 4.78 is 5.95. The first kappa shape index (κ1) is 12.7. The lowest BCUT2D eigenvalue weighted by Crippen LogP contribution is -2.09. The fourth-order valence-corrected chi connectivity index (χ4v) is 1.98. The van der Waals surface area contributed by atoms with Crippen molar-refractivity contribution in [3.63, 3.8) is 0 Å². The fourth-order valence-electron chi connectivity index (χ4n) is 1.62. The molecule has 1 aromatic carbocycles. The Bertz CT molecular complexity index is 537. The summed E-state index contributed by atoms with van der Waals surface area (Å²) in [4.78, 5) is 11.1. The van der Waals surface area contributed by atoms with Crippen molar-refractivity contribution in [1.82, 2.24) is 0 Å². The van der Waals surface area contributed by atoms with E-state index in [1.807, 2.05) is 18.2 Å². The Morgan fingerprint density at radius 2 is 2.22 bits per heavy atom. The number of halogens is 1. The molecule has 0 radical (unpaired) electrons. The fraction of sp³-hybridized carbons (Fsp3) is 0.154. The van der Waals surface area contributed by atoms with Gasteiger partial charge in [-0.3, -0.25) is 0 Å². The third-order valence-electron chi connectivity index (χ3n) is 2.48. The van der Waals surface area contributed by atoms with Crippen LogP contribution in [0.4, 0.5) is 5.69 Å². The summed E-state index contributed by atoms with van der Waals surface area (Å²) in [6.07, 6.45) is 2.33. The van der Waals surface area contributed by atoms with E-state index in [0.717, 1.165) is 10.2 Å². The van der Waals surface area contributed by atoms with Gasteiger partial charge in [0.15, 0.2) is 0 Å². The van der Waals surface area contributed by atoms with Crippen molar-refractivity contribution < 1.29 is 14.3 Å². The first-order valence-electron chi connectivity index (χ1n) is 5.46. The molecule has 0 atom stereocenters. The van der Waals surface area contributed by atoms with Crippen LogP contribution in [0.5, 0.6) is 0 Å². The molecular weight excluding hydrogens is 298 g/mol. The maximum atomic E-state index is 11.1. The zero-order valence-corrected chi connectivity index (χ0v) is 11.1. The Morgan fingerprint density at radius 1 is 1.39 bits per heavy atom. The van der Waals surface area contributed by atoms with Crippen molar-refractivity contribution in [2.24, 2.45) is 0 Å². The van der Waals surface area contributed by atoms with Gasteiger partial charge in [0.1, 0.15) is 5.76 Å². The second-order valence-corrected chi connectivity index (χ2v) is 4.67. The van der Waals surface area contributed by atoms with Crippen molar-refractivity contribution >= 4 is 27.6 Å². The van der Waals surface area contributed by atoms with Gasteiger partial charge in [-0.1, -0.05) is 15.9 Å². The maximum Gasteiger partial charge on any atom is 0.337 e. The average molecular weight is 310 g/mol. The number of carboxylic acids is 1. The number of carboxylic acid groups (broad SMARTS) is 1. The van der Waals surface area contributed by atoms with Crippen LogP contribution in [0.2, 0.25) is 0 Å². The van der Waals surface area contributed by atoms with Crippen LogP contribution in [-0.4, -0.2) is 17.6 Å². The van der Waals surface area contributed by atoms with Gasteiger partial charge >= 0.3 is 5.97 Å². The van der Waals surface area contributed by atoms with E-state index in [2.05, 4.69) is 21.2 Å². The van der Waals surface area contributed by atoms with Gasteiger partial charge in [0, 0.05) is 23.1 Å². The zero-order chi connectivity index (χ0) is 13.0. The SMILES string of the molecule is O=C(O)c1cc(Br)ccc1NCCc1ccco1. The van der Waals surface area contributed by atoms with Gasteiger partial charge in [-0.25, -0.2) is 4.79 Å².